The lowest BCUT2D eigenvalue weighted by molar-refractivity contribution is -0.117. The van der Waals surface area contributed by atoms with Crippen molar-refractivity contribution in [3.63, 3.8) is 0 Å². The van der Waals surface area contributed by atoms with Crippen LogP contribution in [0.2, 0.25) is 0 Å². The van der Waals surface area contributed by atoms with E-state index in [1.807, 2.05) is 48.5 Å². The molecule has 2 aliphatic rings. The van der Waals surface area contributed by atoms with Crippen molar-refractivity contribution in [1.82, 2.24) is 4.98 Å². The highest BCUT2D eigenvalue weighted by atomic mass is 32.2. The Morgan fingerprint density at radius 1 is 1.00 bits per heavy atom. The van der Waals surface area contributed by atoms with Crippen LogP contribution in [0.3, 0.4) is 0 Å². The van der Waals surface area contributed by atoms with Crippen LogP contribution in [0.4, 0.5) is 11.4 Å². The van der Waals surface area contributed by atoms with Gasteiger partial charge in [0.1, 0.15) is 11.6 Å². The van der Waals surface area contributed by atoms with Gasteiger partial charge in [-0.3, -0.25) is 14.5 Å². The molecule has 2 aliphatic heterocycles. The Morgan fingerprint density at radius 2 is 1.79 bits per heavy atom. The maximum atomic E-state index is 13.3. The molecule has 5 rings (SSSR count). The summed E-state index contributed by atoms with van der Waals surface area (Å²) in [4.78, 5) is 35.1. The highest BCUT2D eigenvalue weighted by Gasteiger charge is 2.32. The molecule has 2 amide bonds. The number of amides is 2. The summed E-state index contributed by atoms with van der Waals surface area (Å²) in [5, 5.41) is 0.732. The number of aromatic nitrogens is 1. The average molecular weight is 387 g/mol. The second-order valence-electron chi connectivity index (χ2n) is 6.74. The van der Waals surface area contributed by atoms with E-state index in [-0.39, 0.29) is 18.4 Å². The standard InChI is InChI=1S/C22H17N3O2S/c26-20(24-13-11-15-6-1-3-8-17(15)24)14-25-18-9-5-12-23-21(18)28-19-10-4-2-7-16(19)22(25)27/h1-10,12H,11,13-14H2. The highest BCUT2D eigenvalue weighted by molar-refractivity contribution is 7.99. The lowest BCUT2D eigenvalue weighted by atomic mass is 10.1. The predicted molar refractivity (Wildman–Crippen MR) is 109 cm³/mol. The maximum Gasteiger partial charge on any atom is 0.259 e. The van der Waals surface area contributed by atoms with Crippen LogP contribution in [0.1, 0.15) is 15.9 Å². The summed E-state index contributed by atoms with van der Waals surface area (Å²) in [6.45, 7) is 0.631. The number of hydrogen-bond acceptors (Lipinski definition) is 4. The second-order valence-corrected chi connectivity index (χ2v) is 7.77. The van der Waals surface area contributed by atoms with Crippen LogP contribution < -0.4 is 9.80 Å². The molecule has 0 aliphatic carbocycles. The molecular weight excluding hydrogens is 370 g/mol. The van der Waals surface area contributed by atoms with E-state index in [0.29, 0.717) is 17.8 Å². The fourth-order valence-electron chi connectivity index (χ4n) is 3.73. The summed E-state index contributed by atoms with van der Waals surface area (Å²) in [6.07, 6.45) is 2.55. The van der Waals surface area contributed by atoms with Crippen molar-refractivity contribution in [3.05, 3.63) is 78.0 Å². The Labute approximate surface area is 167 Å². The minimum atomic E-state index is -0.171. The Kier molecular flexibility index (Phi) is 4.13. The van der Waals surface area contributed by atoms with Crippen molar-refractivity contribution >= 4 is 35.0 Å². The molecule has 5 nitrogen and oxygen atoms in total. The first-order chi connectivity index (χ1) is 13.7. The van der Waals surface area contributed by atoms with E-state index in [1.165, 1.54) is 17.3 Å². The number of rotatable bonds is 2. The molecule has 0 bridgehead atoms. The number of fused-ring (bicyclic) bond motifs is 3. The highest BCUT2D eigenvalue weighted by Crippen LogP contribution is 2.40. The van der Waals surface area contributed by atoms with Crippen LogP contribution in [-0.4, -0.2) is 29.9 Å². The van der Waals surface area contributed by atoms with E-state index in [2.05, 4.69) is 4.98 Å². The van der Waals surface area contributed by atoms with Gasteiger partial charge < -0.3 is 4.90 Å². The van der Waals surface area contributed by atoms with E-state index in [1.54, 1.807) is 28.1 Å². The smallest absolute Gasteiger partial charge is 0.259 e. The monoisotopic (exact) mass is 387 g/mol. The molecule has 6 heteroatoms. The molecule has 0 unspecified atom stereocenters. The van der Waals surface area contributed by atoms with Crippen molar-refractivity contribution in [1.29, 1.82) is 0 Å². The number of benzene rings is 2. The average Bonchev–Trinajstić information content (AvgIpc) is 3.12. The van der Waals surface area contributed by atoms with Gasteiger partial charge in [0, 0.05) is 23.3 Å². The molecule has 0 spiro atoms. The summed E-state index contributed by atoms with van der Waals surface area (Å²) in [5.41, 5.74) is 3.38. The molecule has 0 N–H and O–H groups in total. The van der Waals surface area contributed by atoms with Crippen molar-refractivity contribution in [2.45, 2.75) is 16.3 Å². The molecule has 0 saturated carbocycles. The third kappa shape index (κ3) is 2.77. The number of pyridine rings is 1. The fraction of sp³-hybridized carbons (Fsp3) is 0.136. The number of para-hydroxylation sites is 1. The third-order valence-corrected chi connectivity index (χ3v) is 6.18. The Bertz CT molecular complexity index is 1100. The van der Waals surface area contributed by atoms with E-state index in [0.717, 1.165) is 22.0 Å². The molecule has 3 aromatic rings. The molecule has 0 fully saturated rings. The van der Waals surface area contributed by atoms with Crippen molar-refractivity contribution < 1.29 is 9.59 Å². The maximum absolute atomic E-state index is 13.3. The van der Waals surface area contributed by atoms with E-state index < -0.39 is 0 Å². The summed E-state index contributed by atoms with van der Waals surface area (Å²) in [5.74, 6) is -0.256. The molecule has 138 valence electrons. The zero-order chi connectivity index (χ0) is 19.1. The molecule has 0 radical (unpaired) electrons. The largest absolute Gasteiger partial charge is 0.310 e. The summed E-state index contributed by atoms with van der Waals surface area (Å²) in [7, 11) is 0. The summed E-state index contributed by atoms with van der Waals surface area (Å²) >= 11 is 1.46. The zero-order valence-corrected chi connectivity index (χ0v) is 15.9. The second kappa shape index (κ2) is 6.80. The first kappa shape index (κ1) is 17.0. The van der Waals surface area contributed by atoms with Crippen LogP contribution in [0, 0.1) is 0 Å². The van der Waals surface area contributed by atoms with Gasteiger partial charge in [0.05, 0.1) is 11.3 Å². The molecule has 0 atom stereocenters. The third-order valence-electron chi connectivity index (χ3n) is 5.09. The van der Waals surface area contributed by atoms with Crippen LogP contribution >= 0.6 is 11.8 Å². The first-order valence-electron chi connectivity index (χ1n) is 9.14. The van der Waals surface area contributed by atoms with Gasteiger partial charge in [-0.05, 0) is 42.3 Å². The quantitative estimate of drug-likeness (QED) is 0.672. The topological polar surface area (TPSA) is 53.5 Å². The van der Waals surface area contributed by atoms with Gasteiger partial charge in [-0.25, -0.2) is 4.98 Å². The van der Waals surface area contributed by atoms with Crippen LogP contribution in [0.15, 0.2) is 76.8 Å². The van der Waals surface area contributed by atoms with E-state index in [9.17, 15) is 9.59 Å². The Balaban J connectivity index is 1.52. The molecule has 2 aromatic carbocycles. The van der Waals surface area contributed by atoms with Gasteiger partial charge >= 0.3 is 0 Å². The Hall–Kier alpha value is -3.12. The number of nitrogens with zero attached hydrogens (tertiary/aromatic N) is 3. The van der Waals surface area contributed by atoms with Crippen LogP contribution in [0.25, 0.3) is 0 Å². The minimum Gasteiger partial charge on any atom is -0.310 e. The summed E-state index contributed by atoms with van der Waals surface area (Å²) < 4.78 is 0. The lowest BCUT2D eigenvalue weighted by Crippen LogP contribution is -2.42. The van der Waals surface area contributed by atoms with Gasteiger partial charge in [-0.15, -0.1) is 0 Å². The fourth-order valence-corrected chi connectivity index (χ4v) is 4.75. The predicted octanol–water partition coefficient (Wildman–Crippen LogP) is 3.78. The molecule has 3 heterocycles. The minimum absolute atomic E-state index is 0.0131. The normalized spacial score (nSPS) is 14.9. The van der Waals surface area contributed by atoms with Gasteiger partial charge in [0.25, 0.3) is 5.91 Å². The SMILES string of the molecule is O=C(CN1C(=O)c2ccccc2Sc2ncccc21)N1CCc2ccccc21. The number of carbonyl (C=O) groups excluding carboxylic acids is 2. The van der Waals surface area contributed by atoms with Crippen molar-refractivity contribution in [3.8, 4) is 0 Å². The molecule has 28 heavy (non-hydrogen) atoms. The van der Waals surface area contributed by atoms with Gasteiger partial charge in [0.2, 0.25) is 5.91 Å². The molecular formula is C22H17N3O2S. The van der Waals surface area contributed by atoms with Crippen molar-refractivity contribution in [2.24, 2.45) is 0 Å². The van der Waals surface area contributed by atoms with Gasteiger partial charge in [0.15, 0.2) is 0 Å². The molecule has 0 saturated heterocycles. The van der Waals surface area contributed by atoms with E-state index in [4.69, 9.17) is 0 Å². The van der Waals surface area contributed by atoms with Crippen LogP contribution in [-0.2, 0) is 11.2 Å². The lowest BCUT2D eigenvalue weighted by Gasteiger charge is -2.25. The van der Waals surface area contributed by atoms with E-state index >= 15 is 0 Å². The van der Waals surface area contributed by atoms with Gasteiger partial charge in [-0.2, -0.15) is 0 Å². The number of carbonyl (C=O) groups is 2. The van der Waals surface area contributed by atoms with Crippen molar-refractivity contribution in [2.75, 3.05) is 22.9 Å². The Morgan fingerprint density at radius 3 is 2.71 bits per heavy atom. The molecule has 1 aromatic heterocycles. The van der Waals surface area contributed by atoms with Gasteiger partial charge in [-0.1, -0.05) is 42.1 Å². The number of hydrogen-bond donors (Lipinski definition) is 0. The number of anilines is 2. The zero-order valence-electron chi connectivity index (χ0n) is 15.0. The first-order valence-corrected chi connectivity index (χ1v) is 9.96. The van der Waals surface area contributed by atoms with Crippen LogP contribution in [0.5, 0.6) is 0 Å². The summed E-state index contributed by atoms with van der Waals surface area (Å²) in [6, 6.07) is 19.1.